The predicted molar refractivity (Wildman–Crippen MR) is 281 cm³/mol. The topological polar surface area (TPSA) is 11.4 Å². The van der Waals surface area contributed by atoms with Gasteiger partial charge in [-0.3, -0.25) is 0 Å². The average molecular weight is 866 g/mol. The monoisotopic (exact) mass is 865 g/mol. The second-order valence-electron chi connectivity index (χ2n) is 16.6. The number of para-hydroxylation sites is 4. The summed E-state index contributed by atoms with van der Waals surface area (Å²) in [5.74, 6) is 0. The Labute approximate surface area is 384 Å². The smallest absolute Gasteiger partial charge is 0.0561 e. The number of hydrogen-bond donors (Lipinski definition) is 0. The van der Waals surface area contributed by atoms with Gasteiger partial charge in [-0.25, -0.2) is 0 Å². The molecule has 0 spiro atoms. The van der Waals surface area contributed by atoms with E-state index in [2.05, 4.69) is 251 Å². The number of aromatic nitrogens is 1. The highest BCUT2D eigenvalue weighted by Crippen LogP contribution is 2.47. The molecule has 0 atom stereocenters. The second kappa shape index (κ2) is 15.4. The molecule has 306 valence electrons. The summed E-state index contributed by atoms with van der Waals surface area (Å²) in [4.78, 5) is 4.85. The van der Waals surface area contributed by atoms with Crippen molar-refractivity contribution >= 4 is 119 Å². The number of nitrogens with zero attached hydrogens (tertiary/aromatic N) is 3. The lowest BCUT2D eigenvalue weighted by atomic mass is 10.00. The molecule has 0 N–H and O–H groups in total. The van der Waals surface area contributed by atoms with E-state index in [4.69, 9.17) is 0 Å². The van der Waals surface area contributed by atoms with Gasteiger partial charge >= 0.3 is 0 Å². The van der Waals surface area contributed by atoms with Crippen molar-refractivity contribution in [3.8, 4) is 16.8 Å². The van der Waals surface area contributed by atoms with Gasteiger partial charge in [0.15, 0.2) is 0 Å². The van der Waals surface area contributed by atoms with Gasteiger partial charge in [-0.2, -0.15) is 0 Å². The molecule has 13 rings (SSSR count). The summed E-state index contributed by atoms with van der Waals surface area (Å²) in [6.45, 7) is 0. The van der Waals surface area contributed by atoms with Crippen molar-refractivity contribution in [1.29, 1.82) is 0 Å². The summed E-state index contributed by atoms with van der Waals surface area (Å²) in [7, 11) is 0. The molecule has 0 fully saturated rings. The van der Waals surface area contributed by atoms with Crippen molar-refractivity contribution in [1.82, 2.24) is 4.57 Å². The summed E-state index contributed by atoms with van der Waals surface area (Å²) in [5, 5.41) is 7.58. The lowest BCUT2D eigenvalue weighted by Crippen LogP contribution is -2.13. The van der Waals surface area contributed by atoms with Gasteiger partial charge in [0.2, 0.25) is 0 Å². The minimum atomic E-state index is 1.06. The molecular formula is C60H39N3S2. The fraction of sp³-hybridized carbons (Fsp3) is 0. The molecule has 3 nitrogen and oxygen atoms in total. The molecule has 0 aliphatic carbocycles. The van der Waals surface area contributed by atoms with Crippen LogP contribution >= 0.6 is 22.7 Å². The molecule has 0 unspecified atom stereocenters. The van der Waals surface area contributed by atoms with Gasteiger partial charge in [0.05, 0.1) is 11.0 Å². The van der Waals surface area contributed by atoms with Crippen LogP contribution in [0.5, 0.6) is 0 Å². The third-order valence-electron chi connectivity index (χ3n) is 12.7. The van der Waals surface area contributed by atoms with Gasteiger partial charge in [-0.1, -0.05) is 121 Å². The second-order valence-corrected chi connectivity index (χ2v) is 18.7. The van der Waals surface area contributed by atoms with Crippen molar-refractivity contribution in [2.24, 2.45) is 0 Å². The van der Waals surface area contributed by atoms with Crippen molar-refractivity contribution in [3.05, 3.63) is 237 Å². The maximum absolute atomic E-state index is 2.43. The zero-order valence-corrected chi connectivity index (χ0v) is 36.8. The third kappa shape index (κ3) is 6.39. The van der Waals surface area contributed by atoms with Crippen LogP contribution in [0, 0.1) is 0 Å². The van der Waals surface area contributed by atoms with Gasteiger partial charge < -0.3 is 14.4 Å². The summed E-state index contributed by atoms with van der Waals surface area (Å²) < 4.78 is 7.59. The van der Waals surface area contributed by atoms with Crippen LogP contribution < -0.4 is 9.80 Å². The van der Waals surface area contributed by atoms with Crippen LogP contribution in [0.15, 0.2) is 237 Å². The van der Waals surface area contributed by atoms with Gasteiger partial charge in [0, 0.05) is 90.9 Å². The molecule has 13 aromatic rings. The van der Waals surface area contributed by atoms with E-state index >= 15 is 0 Å². The highest BCUT2D eigenvalue weighted by molar-refractivity contribution is 7.26. The Balaban J connectivity index is 1.08. The van der Waals surface area contributed by atoms with Crippen molar-refractivity contribution in [2.45, 2.75) is 0 Å². The molecular weight excluding hydrogens is 827 g/mol. The minimum absolute atomic E-state index is 1.06. The Kier molecular flexibility index (Phi) is 8.90. The summed E-state index contributed by atoms with van der Waals surface area (Å²) >= 11 is 3.71. The summed E-state index contributed by atoms with van der Waals surface area (Å²) in [5.41, 5.74) is 12.3. The number of thiophene rings is 2. The van der Waals surface area contributed by atoms with Crippen molar-refractivity contribution in [2.75, 3.05) is 9.80 Å². The molecule has 65 heavy (non-hydrogen) atoms. The van der Waals surface area contributed by atoms with E-state index in [9.17, 15) is 0 Å². The molecule has 3 heterocycles. The number of benzene rings is 10. The first-order chi connectivity index (χ1) is 32.2. The van der Waals surface area contributed by atoms with E-state index < -0.39 is 0 Å². The number of anilines is 6. The lowest BCUT2D eigenvalue weighted by molar-refractivity contribution is 1.18. The Morgan fingerprint density at radius 1 is 0.262 bits per heavy atom. The fourth-order valence-electron chi connectivity index (χ4n) is 9.78. The maximum atomic E-state index is 2.43. The van der Waals surface area contributed by atoms with Gasteiger partial charge in [0.25, 0.3) is 0 Å². The van der Waals surface area contributed by atoms with Crippen LogP contribution in [-0.4, -0.2) is 4.57 Å². The quantitative estimate of drug-likeness (QED) is 0.151. The summed E-state index contributed by atoms with van der Waals surface area (Å²) in [6, 6.07) is 86.7. The fourth-order valence-corrected chi connectivity index (χ4v) is 12.0. The van der Waals surface area contributed by atoms with Gasteiger partial charge in [-0.15, -0.1) is 22.7 Å². The van der Waals surface area contributed by atoms with E-state index in [1.165, 1.54) is 62.2 Å². The van der Waals surface area contributed by atoms with Gasteiger partial charge in [-0.05, 0) is 126 Å². The van der Waals surface area contributed by atoms with Crippen LogP contribution in [0.2, 0.25) is 0 Å². The predicted octanol–water partition coefficient (Wildman–Crippen LogP) is 18.1. The number of hydrogen-bond acceptors (Lipinski definition) is 4. The highest BCUT2D eigenvalue weighted by Gasteiger charge is 2.22. The van der Waals surface area contributed by atoms with E-state index in [0.717, 1.165) is 50.9 Å². The standard InChI is InChI=1S/C60H39N3S2/c1-4-16-42(17-5-1)61(45-30-33-60-54(38-45)52-24-12-15-27-58(52)65-60)47-34-41(40-28-32-59-53(36-40)51-23-11-14-26-57(51)64-59)35-48(37-47)62(43-18-6-2-7-19-43)46-29-31-50-49-22-10-13-25-55(49)63(56(50)39-46)44-20-8-3-9-21-44/h1-39H. The third-order valence-corrected chi connectivity index (χ3v) is 15.0. The first kappa shape index (κ1) is 37.6. The molecule has 0 amide bonds. The Morgan fingerprint density at radius 2 is 0.738 bits per heavy atom. The van der Waals surface area contributed by atoms with E-state index in [0.29, 0.717) is 0 Å². The van der Waals surface area contributed by atoms with E-state index in [-0.39, 0.29) is 0 Å². The van der Waals surface area contributed by atoms with Crippen molar-refractivity contribution in [3.63, 3.8) is 0 Å². The average Bonchev–Trinajstić information content (AvgIpc) is 4.04. The minimum Gasteiger partial charge on any atom is -0.310 e. The zero-order chi connectivity index (χ0) is 42.8. The largest absolute Gasteiger partial charge is 0.310 e. The summed E-state index contributed by atoms with van der Waals surface area (Å²) in [6.07, 6.45) is 0. The molecule has 10 aromatic carbocycles. The van der Waals surface area contributed by atoms with Crippen LogP contribution in [0.1, 0.15) is 0 Å². The Hall–Kier alpha value is -7.96. The first-order valence-corrected chi connectivity index (χ1v) is 23.6. The van der Waals surface area contributed by atoms with Crippen LogP contribution in [0.4, 0.5) is 34.1 Å². The maximum Gasteiger partial charge on any atom is 0.0561 e. The van der Waals surface area contributed by atoms with Gasteiger partial charge in [0.1, 0.15) is 0 Å². The molecule has 0 aliphatic rings. The molecule has 0 bridgehead atoms. The van der Waals surface area contributed by atoms with Crippen LogP contribution in [-0.2, 0) is 0 Å². The molecule has 5 heteroatoms. The lowest BCUT2D eigenvalue weighted by Gasteiger charge is -2.30. The zero-order valence-electron chi connectivity index (χ0n) is 35.2. The Morgan fingerprint density at radius 3 is 1.38 bits per heavy atom. The van der Waals surface area contributed by atoms with Crippen LogP contribution in [0.25, 0.3) is 79.0 Å². The Bertz CT molecular complexity index is 3900. The van der Waals surface area contributed by atoms with Crippen molar-refractivity contribution < 1.29 is 0 Å². The van der Waals surface area contributed by atoms with E-state index in [1.54, 1.807) is 0 Å². The SMILES string of the molecule is c1ccc(N(c2cc(-c3ccc4sc5ccccc5c4c3)cc(N(c3ccccc3)c3ccc4c5ccccc5n(-c5ccccc5)c4c3)c2)c2ccc3sc4ccccc4c3c2)cc1. The normalized spacial score (nSPS) is 11.7. The van der Waals surface area contributed by atoms with Crippen LogP contribution in [0.3, 0.4) is 0 Å². The molecule has 0 aliphatic heterocycles. The molecule has 3 aromatic heterocycles. The number of rotatable bonds is 8. The number of fused-ring (bicyclic) bond motifs is 9. The highest BCUT2D eigenvalue weighted by atomic mass is 32.1. The molecule has 0 saturated carbocycles. The molecule has 0 saturated heterocycles. The van der Waals surface area contributed by atoms with E-state index in [1.807, 2.05) is 22.7 Å². The molecule has 0 radical (unpaired) electrons. The first-order valence-electron chi connectivity index (χ1n) is 22.0.